The van der Waals surface area contributed by atoms with Gasteiger partial charge in [-0.15, -0.1) is 11.3 Å². The standard InChI is InChI=1S/C14H18F3N3O2S/c1-8-5-10(11(18)21)13(23-8)19-12(22)9-3-2-4-20(6-9)7-14(15,16)17/h5,9H,2-4,6-7H2,1H3,(H2,18,21)(H,19,22). The number of aryl methyl sites for hydroxylation is 1. The lowest BCUT2D eigenvalue weighted by atomic mass is 9.97. The largest absolute Gasteiger partial charge is 0.401 e. The Kier molecular flexibility index (Phi) is 5.30. The number of nitrogens with zero attached hydrogens (tertiary/aromatic N) is 1. The highest BCUT2D eigenvalue weighted by atomic mass is 32.1. The van der Waals surface area contributed by atoms with E-state index in [1.54, 1.807) is 13.0 Å². The van der Waals surface area contributed by atoms with Gasteiger partial charge in [-0.1, -0.05) is 0 Å². The maximum atomic E-state index is 12.5. The molecule has 1 saturated heterocycles. The number of likely N-dealkylation sites (tertiary alicyclic amines) is 1. The fraction of sp³-hybridized carbons (Fsp3) is 0.571. The summed E-state index contributed by atoms with van der Waals surface area (Å²) >= 11 is 1.22. The second-order valence-corrected chi connectivity index (χ2v) is 6.90. The summed E-state index contributed by atoms with van der Waals surface area (Å²) in [6.07, 6.45) is -3.22. The van der Waals surface area contributed by atoms with E-state index in [4.69, 9.17) is 5.73 Å². The number of hydrogen-bond acceptors (Lipinski definition) is 4. The highest BCUT2D eigenvalue weighted by Crippen LogP contribution is 2.29. The molecule has 1 unspecified atom stereocenters. The first-order valence-corrected chi connectivity index (χ1v) is 7.97. The van der Waals surface area contributed by atoms with E-state index in [1.165, 1.54) is 16.2 Å². The Morgan fingerprint density at radius 3 is 2.78 bits per heavy atom. The monoisotopic (exact) mass is 349 g/mol. The Hall–Kier alpha value is -1.61. The first-order chi connectivity index (χ1) is 10.7. The predicted octanol–water partition coefficient (Wildman–Crippen LogP) is 2.37. The smallest absolute Gasteiger partial charge is 0.366 e. The van der Waals surface area contributed by atoms with Crippen LogP contribution in [0.1, 0.15) is 28.1 Å². The summed E-state index contributed by atoms with van der Waals surface area (Å²) in [5, 5.41) is 2.99. The van der Waals surface area contributed by atoms with Crippen LogP contribution >= 0.6 is 11.3 Å². The Morgan fingerprint density at radius 1 is 1.48 bits per heavy atom. The summed E-state index contributed by atoms with van der Waals surface area (Å²) < 4.78 is 37.4. The molecular formula is C14H18F3N3O2S. The maximum Gasteiger partial charge on any atom is 0.401 e. The van der Waals surface area contributed by atoms with Gasteiger partial charge in [0.05, 0.1) is 18.0 Å². The molecular weight excluding hydrogens is 331 g/mol. The van der Waals surface area contributed by atoms with E-state index < -0.39 is 24.5 Å². The molecule has 1 atom stereocenters. The molecule has 3 N–H and O–H groups in total. The number of piperidine rings is 1. The van der Waals surface area contributed by atoms with Gasteiger partial charge in [-0.05, 0) is 32.4 Å². The second-order valence-electron chi connectivity index (χ2n) is 5.64. The number of alkyl halides is 3. The maximum absolute atomic E-state index is 12.5. The predicted molar refractivity (Wildman–Crippen MR) is 81.4 cm³/mol. The fourth-order valence-electron chi connectivity index (χ4n) is 2.67. The number of carbonyl (C=O) groups excluding carboxylic acids is 2. The molecule has 0 saturated carbocycles. The van der Waals surface area contributed by atoms with Crippen molar-refractivity contribution in [1.82, 2.24) is 4.90 Å². The Balaban J connectivity index is 2.02. The van der Waals surface area contributed by atoms with Gasteiger partial charge in [0.2, 0.25) is 5.91 Å². The van der Waals surface area contributed by atoms with Crippen molar-refractivity contribution in [2.24, 2.45) is 11.7 Å². The lowest BCUT2D eigenvalue weighted by molar-refractivity contribution is -0.151. The molecule has 0 aliphatic carbocycles. The third-order valence-electron chi connectivity index (χ3n) is 3.64. The number of nitrogens with one attached hydrogen (secondary N) is 1. The quantitative estimate of drug-likeness (QED) is 0.876. The summed E-state index contributed by atoms with van der Waals surface area (Å²) in [7, 11) is 0. The Morgan fingerprint density at radius 2 is 2.17 bits per heavy atom. The van der Waals surface area contributed by atoms with Crippen molar-refractivity contribution in [3.63, 3.8) is 0 Å². The molecule has 2 rings (SSSR count). The van der Waals surface area contributed by atoms with Crippen molar-refractivity contribution in [3.05, 3.63) is 16.5 Å². The molecule has 1 aromatic rings. The number of halogens is 3. The third kappa shape index (κ3) is 4.93. The first kappa shape index (κ1) is 17.7. The van der Waals surface area contributed by atoms with E-state index in [0.29, 0.717) is 24.4 Å². The zero-order chi connectivity index (χ0) is 17.2. The average molecular weight is 349 g/mol. The van der Waals surface area contributed by atoms with Gasteiger partial charge in [0.25, 0.3) is 5.91 Å². The summed E-state index contributed by atoms with van der Waals surface area (Å²) in [6.45, 7) is 1.15. The summed E-state index contributed by atoms with van der Waals surface area (Å²) in [4.78, 5) is 25.7. The molecule has 5 nitrogen and oxygen atoms in total. The van der Waals surface area contributed by atoms with E-state index in [2.05, 4.69) is 5.32 Å². The van der Waals surface area contributed by atoms with Crippen LogP contribution < -0.4 is 11.1 Å². The van der Waals surface area contributed by atoms with Crippen molar-refractivity contribution in [2.75, 3.05) is 25.0 Å². The van der Waals surface area contributed by atoms with Crippen molar-refractivity contribution >= 4 is 28.2 Å². The topological polar surface area (TPSA) is 75.4 Å². The average Bonchev–Trinajstić information content (AvgIpc) is 2.78. The fourth-order valence-corrected chi connectivity index (χ4v) is 3.59. The van der Waals surface area contributed by atoms with Crippen LogP contribution in [0.3, 0.4) is 0 Å². The molecule has 0 radical (unpaired) electrons. The molecule has 9 heteroatoms. The van der Waals surface area contributed by atoms with Crippen molar-refractivity contribution < 1.29 is 22.8 Å². The number of thiophene rings is 1. The second kappa shape index (κ2) is 6.88. The van der Waals surface area contributed by atoms with Gasteiger partial charge in [0.15, 0.2) is 0 Å². The highest BCUT2D eigenvalue weighted by molar-refractivity contribution is 7.16. The minimum absolute atomic E-state index is 0.0571. The van der Waals surface area contributed by atoms with E-state index in [-0.39, 0.29) is 18.0 Å². The molecule has 2 heterocycles. The van der Waals surface area contributed by atoms with Crippen LogP contribution in [-0.2, 0) is 4.79 Å². The van der Waals surface area contributed by atoms with Gasteiger partial charge >= 0.3 is 6.18 Å². The molecule has 0 aromatic carbocycles. The minimum Gasteiger partial charge on any atom is -0.366 e. The van der Waals surface area contributed by atoms with Crippen LogP contribution in [0.15, 0.2) is 6.07 Å². The molecule has 23 heavy (non-hydrogen) atoms. The van der Waals surface area contributed by atoms with Gasteiger partial charge < -0.3 is 11.1 Å². The summed E-state index contributed by atoms with van der Waals surface area (Å²) in [5.74, 6) is -1.55. The zero-order valence-electron chi connectivity index (χ0n) is 12.6. The summed E-state index contributed by atoms with van der Waals surface area (Å²) in [5.41, 5.74) is 5.48. The van der Waals surface area contributed by atoms with Crippen LogP contribution in [0.25, 0.3) is 0 Å². The highest BCUT2D eigenvalue weighted by Gasteiger charge is 2.34. The summed E-state index contributed by atoms with van der Waals surface area (Å²) in [6, 6.07) is 1.58. The molecule has 2 amide bonds. The zero-order valence-corrected chi connectivity index (χ0v) is 13.4. The normalized spacial score (nSPS) is 19.6. The van der Waals surface area contributed by atoms with Crippen molar-refractivity contribution in [2.45, 2.75) is 25.9 Å². The van der Waals surface area contributed by atoms with Gasteiger partial charge in [-0.3, -0.25) is 14.5 Å². The number of anilines is 1. The minimum atomic E-state index is -4.28. The number of rotatable bonds is 4. The number of amides is 2. The lowest BCUT2D eigenvalue weighted by Gasteiger charge is -2.32. The molecule has 0 bridgehead atoms. The van der Waals surface area contributed by atoms with Crippen LogP contribution in [-0.4, -0.2) is 42.5 Å². The molecule has 128 valence electrons. The SMILES string of the molecule is Cc1cc(C(N)=O)c(NC(=O)C2CCCN(CC(F)(F)F)C2)s1. The molecule has 1 aliphatic rings. The van der Waals surface area contributed by atoms with Gasteiger partial charge in [-0.2, -0.15) is 13.2 Å². The molecule has 1 aromatic heterocycles. The molecule has 1 aliphatic heterocycles. The van der Waals surface area contributed by atoms with Gasteiger partial charge in [0.1, 0.15) is 5.00 Å². The number of nitrogens with two attached hydrogens (primary N) is 1. The van der Waals surface area contributed by atoms with Crippen LogP contribution in [0.5, 0.6) is 0 Å². The third-order valence-corrected chi connectivity index (χ3v) is 4.60. The van der Waals surface area contributed by atoms with Gasteiger partial charge in [-0.25, -0.2) is 0 Å². The van der Waals surface area contributed by atoms with E-state index in [9.17, 15) is 22.8 Å². The van der Waals surface area contributed by atoms with E-state index in [0.717, 1.165) is 4.88 Å². The molecule has 0 spiro atoms. The Labute approximate surface area is 135 Å². The van der Waals surface area contributed by atoms with Crippen molar-refractivity contribution in [1.29, 1.82) is 0 Å². The van der Waals surface area contributed by atoms with E-state index >= 15 is 0 Å². The molecule has 1 fully saturated rings. The number of primary amides is 1. The van der Waals surface area contributed by atoms with Crippen LogP contribution in [0.2, 0.25) is 0 Å². The number of hydrogen-bond donors (Lipinski definition) is 2. The first-order valence-electron chi connectivity index (χ1n) is 7.16. The Bertz CT molecular complexity index is 601. The van der Waals surface area contributed by atoms with Crippen molar-refractivity contribution in [3.8, 4) is 0 Å². The van der Waals surface area contributed by atoms with Gasteiger partial charge in [0, 0.05) is 11.4 Å². The van der Waals surface area contributed by atoms with Crippen LogP contribution in [0.4, 0.5) is 18.2 Å². The number of carbonyl (C=O) groups is 2. The van der Waals surface area contributed by atoms with Crippen LogP contribution in [0, 0.1) is 12.8 Å². The lowest BCUT2D eigenvalue weighted by Crippen LogP contribution is -2.44. The van der Waals surface area contributed by atoms with E-state index in [1.807, 2.05) is 0 Å².